The van der Waals surface area contributed by atoms with Gasteiger partial charge in [0.15, 0.2) is 0 Å². The van der Waals surface area contributed by atoms with Gasteiger partial charge in [0.2, 0.25) is 5.95 Å². The third kappa shape index (κ3) is 5.19. The van der Waals surface area contributed by atoms with Crippen molar-refractivity contribution in [2.45, 2.75) is 19.3 Å². The van der Waals surface area contributed by atoms with Crippen LogP contribution in [0.15, 0.2) is 60.7 Å². The summed E-state index contributed by atoms with van der Waals surface area (Å²) in [5.41, 5.74) is 4.96. The van der Waals surface area contributed by atoms with E-state index in [-0.39, 0.29) is 11.8 Å². The summed E-state index contributed by atoms with van der Waals surface area (Å²) < 4.78 is 5.55. The number of carbonyl (C=O) groups is 2. The van der Waals surface area contributed by atoms with E-state index in [1.54, 1.807) is 24.3 Å². The predicted octanol–water partition coefficient (Wildman–Crippen LogP) is 4.44. The lowest BCUT2D eigenvalue weighted by Crippen LogP contribution is -2.31. The molecule has 196 valence electrons. The molecule has 0 bridgehead atoms. The van der Waals surface area contributed by atoms with Gasteiger partial charge in [-0.25, -0.2) is 4.98 Å². The van der Waals surface area contributed by atoms with Crippen LogP contribution in [-0.4, -0.2) is 55.6 Å². The number of rotatable bonds is 8. The van der Waals surface area contributed by atoms with Gasteiger partial charge in [-0.15, -0.1) is 0 Å². The Morgan fingerprint density at radius 1 is 1.05 bits per heavy atom. The Labute approximate surface area is 221 Å². The van der Waals surface area contributed by atoms with E-state index in [1.807, 2.05) is 42.3 Å². The number of H-pyrrole nitrogens is 1. The lowest BCUT2D eigenvalue weighted by atomic mass is 10.1. The zero-order chi connectivity index (χ0) is 26.5. The molecule has 1 aliphatic rings. The predicted molar refractivity (Wildman–Crippen MR) is 151 cm³/mol. The van der Waals surface area contributed by atoms with Crippen LogP contribution in [0, 0.1) is 0 Å². The van der Waals surface area contributed by atoms with Crippen molar-refractivity contribution in [2.75, 3.05) is 49.3 Å². The first-order valence-corrected chi connectivity index (χ1v) is 12.9. The number of hydrogen-bond donors (Lipinski definition) is 4. The van der Waals surface area contributed by atoms with Gasteiger partial charge in [0.1, 0.15) is 11.3 Å². The number of imidazole rings is 1. The van der Waals surface area contributed by atoms with Crippen LogP contribution in [0.1, 0.15) is 39.1 Å². The minimum absolute atomic E-state index is 0.107. The Balaban J connectivity index is 1.38. The van der Waals surface area contributed by atoms with Gasteiger partial charge >= 0.3 is 0 Å². The van der Waals surface area contributed by atoms with Gasteiger partial charge in [0.25, 0.3) is 11.8 Å². The summed E-state index contributed by atoms with van der Waals surface area (Å²) in [6.45, 7) is 2.16. The number of likely N-dealkylation sites (N-methyl/N-ethyl adjacent to an activating group) is 1. The fraction of sp³-hybridized carbons (Fsp3) is 0.276. The van der Waals surface area contributed by atoms with E-state index in [0.29, 0.717) is 47.1 Å². The maximum atomic E-state index is 13.5. The summed E-state index contributed by atoms with van der Waals surface area (Å²) >= 11 is 0. The van der Waals surface area contributed by atoms with E-state index in [0.717, 1.165) is 37.0 Å². The van der Waals surface area contributed by atoms with Crippen molar-refractivity contribution in [3.8, 4) is 5.75 Å². The number of methoxy groups -OCH3 is 1. The minimum atomic E-state index is -0.346. The largest absolute Gasteiger partial charge is 0.496 e. The standard InChI is InChI=1S/C29H32N6O3/c1-30-15-16-31-29-33-23-11-7-10-22(26(23)34-29)32-27(36)21-14-13-20(18-25(21)38-2)28(37)35-17-6-5-9-19-8-3-4-12-24(19)35/h3-4,7-8,10-14,18,30H,5-6,9,15-17H2,1-2H3,(H,32,36)(H2,31,33,34). The molecular weight excluding hydrogens is 480 g/mol. The van der Waals surface area contributed by atoms with E-state index < -0.39 is 0 Å². The Kier molecular flexibility index (Phi) is 7.55. The van der Waals surface area contributed by atoms with Crippen LogP contribution in [0.2, 0.25) is 0 Å². The van der Waals surface area contributed by atoms with E-state index in [2.05, 4.69) is 32.0 Å². The van der Waals surface area contributed by atoms with Gasteiger partial charge in [0, 0.05) is 30.9 Å². The van der Waals surface area contributed by atoms with Crippen LogP contribution < -0.4 is 25.6 Å². The van der Waals surface area contributed by atoms with Gasteiger partial charge in [-0.2, -0.15) is 0 Å². The molecule has 9 nitrogen and oxygen atoms in total. The highest BCUT2D eigenvalue weighted by Gasteiger charge is 2.24. The van der Waals surface area contributed by atoms with Crippen molar-refractivity contribution in [1.82, 2.24) is 15.3 Å². The highest BCUT2D eigenvalue weighted by atomic mass is 16.5. The number of carbonyl (C=O) groups excluding carboxylic acids is 2. The van der Waals surface area contributed by atoms with Crippen molar-refractivity contribution in [2.24, 2.45) is 0 Å². The van der Waals surface area contributed by atoms with Crippen molar-refractivity contribution < 1.29 is 14.3 Å². The normalized spacial score (nSPS) is 13.1. The third-order valence-corrected chi connectivity index (χ3v) is 6.73. The average molecular weight is 513 g/mol. The molecule has 3 aromatic carbocycles. The molecule has 0 unspecified atom stereocenters. The second kappa shape index (κ2) is 11.4. The van der Waals surface area contributed by atoms with E-state index in [4.69, 9.17) is 4.74 Å². The number of aryl methyl sites for hydroxylation is 1. The number of ether oxygens (including phenoxy) is 1. The molecule has 0 spiro atoms. The highest BCUT2D eigenvalue weighted by Crippen LogP contribution is 2.30. The van der Waals surface area contributed by atoms with Gasteiger partial charge in [-0.1, -0.05) is 24.3 Å². The Hall–Kier alpha value is -4.37. The van der Waals surface area contributed by atoms with Gasteiger partial charge in [0.05, 0.1) is 23.9 Å². The molecule has 4 aromatic rings. The van der Waals surface area contributed by atoms with E-state index in [9.17, 15) is 9.59 Å². The van der Waals surface area contributed by atoms with E-state index >= 15 is 0 Å². The van der Waals surface area contributed by atoms with Crippen molar-refractivity contribution >= 4 is 40.2 Å². The molecule has 0 atom stereocenters. The zero-order valence-corrected chi connectivity index (χ0v) is 21.6. The summed E-state index contributed by atoms with van der Waals surface area (Å²) in [6, 6.07) is 18.6. The van der Waals surface area contributed by atoms with Crippen LogP contribution in [0.5, 0.6) is 5.75 Å². The number of hydrogen-bond acceptors (Lipinski definition) is 6. The molecule has 5 rings (SSSR count). The number of nitrogens with zero attached hydrogens (tertiary/aromatic N) is 2. The summed E-state index contributed by atoms with van der Waals surface area (Å²) in [6.07, 6.45) is 2.93. The second-order valence-corrected chi connectivity index (χ2v) is 9.23. The van der Waals surface area contributed by atoms with Crippen LogP contribution >= 0.6 is 0 Å². The summed E-state index contributed by atoms with van der Waals surface area (Å²) in [4.78, 5) is 36.5. The third-order valence-electron chi connectivity index (χ3n) is 6.73. The van der Waals surface area contributed by atoms with Crippen molar-refractivity contribution in [1.29, 1.82) is 0 Å². The fourth-order valence-electron chi connectivity index (χ4n) is 4.78. The first-order chi connectivity index (χ1) is 18.6. The molecular formula is C29H32N6O3. The monoisotopic (exact) mass is 512 g/mol. The fourth-order valence-corrected chi connectivity index (χ4v) is 4.78. The highest BCUT2D eigenvalue weighted by molar-refractivity contribution is 6.11. The summed E-state index contributed by atoms with van der Waals surface area (Å²) in [7, 11) is 3.39. The molecule has 0 fully saturated rings. The van der Waals surface area contributed by atoms with Crippen LogP contribution in [-0.2, 0) is 6.42 Å². The number of anilines is 3. The lowest BCUT2D eigenvalue weighted by Gasteiger charge is -2.23. The summed E-state index contributed by atoms with van der Waals surface area (Å²) in [5, 5.41) is 9.25. The number of nitrogens with one attached hydrogen (secondary N) is 4. The van der Waals surface area contributed by atoms with Crippen molar-refractivity contribution in [3.63, 3.8) is 0 Å². The van der Waals surface area contributed by atoms with Gasteiger partial charge in [-0.05, 0) is 68.3 Å². The number of amides is 2. The van der Waals surface area contributed by atoms with Crippen molar-refractivity contribution in [3.05, 3.63) is 77.4 Å². The number of benzene rings is 3. The van der Waals surface area contributed by atoms with Crippen LogP contribution in [0.3, 0.4) is 0 Å². The lowest BCUT2D eigenvalue weighted by molar-refractivity contribution is 0.0982. The molecule has 0 saturated carbocycles. The first-order valence-electron chi connectivity index (χ1n) is 12.9. The molecule has 4 N–H and O–H groups in total. The average Bonchev–Trinajstić information content (AvgIpc) is 3.24. The smallest absolute Gasteiger partial charge is 0.259 e. The first kappa shape index (κ1) is 25.3. The van der Waals surface area contributed by atoms with Gasteiger partial charge in [-0.3, -0.25) is 9.59 Å². The molecule has 38 heavy (non-hydrogen) atoms. The number of aromatic nitrogens is 2. The maximum Gasteiger partial charge on any atom is 0.259 e. The Morgan fingerprint density at radius 3 is 2.76 bits per heavy atom. The second-order valence-electron chi connectivity index (χ2n) is 9.23. The zero-order valence-electron chi connectivity index (χ0n) is 21.6. The quantitative estimate of drug-likeness (QED) is 0.260. The molecule has 0 saturated heterocycles. The van der Waals surface area contributed by atoms with Crippen LogP contribution in [0.4, 0.5) is 17.3 Å². The molecule has 9 heteroatoms. The molecule has 2 amide bonds. The van der Waals surface area contributed by atoms with E-state index in [1.165, 1.54) is 12.7 Å². The molecule has 0 radical (unpaired) electrons. The Morgan fingerprint density at radius 2 is 1.92 bits per heavy atom. The molecule has 1 aromatic heterocycles. The molecule has 1 aliphatic heterocycles. The van der Waals surface area contributed by atoms with Gasteiger partial charge < -0.3 is 30.6 Å². The Bertz CT molecular complexity index is 1460. The minimum Gasteiger partial charge on any atom is -0.496 e. The topological polar surface area (TPSA) is 111 Å². The molecule has 0 aliphatic carbocycles. The van der Waals surface area contributed by atoms with Crippen LogP contribution in [0.25, 0.3) is 11.0 Å². The number of para-hydroxylation sites is 2. The SMILES string of the molecule is CNCCNc1nc2c(NC(=O)c3ccc(C(=O)N4CCCCc5ccccc54)cc3OC)cccc2[nH]1. The number of aromatic amines is 1. The number of fused-ring (bicyclic) bond motifs is 2. The molecule has 2 heterocycles. The maximum absolute atomic E-state index is 13.5. The summed E-state index contributed by atoms with van der Waals surface area (Å²) in [5.74, 6) is 0.512.